The molecule has 5 rings (SSSR count). The van der Waals surface area contributed by atoms with Gasteiger partial charge in [-0.2, -0.15) is 0 Å². The molecule has 282 valence electrons. The maximum Gasteiger partial charge on any atom is 0.236 e. The summed E-state index contributed by atoms with van der Waals surface area (Å²) in [5, 5.41) is 0. The van der Waals surface area contributed by atoms with E-state index in [1.807, 2.05) is 0 Å². The lowest BCUT2D eigenvalue weighted by atomic mass is 9.71. The first-order chi connectivity index (χ1) is 23.7. The van der Waals surface area contributed by atoms with E-state index < -0.39 is 39.1 Å². The Balaban J connectivity index is 1.35. The zero-order valence-electron chi connectivity index (χ0n) is 31.1. The van der Waals surface area contributed by atoms with Crippen molar-refractivity contribution in [2.75, 3.05) is 26.5 Å². The van der Waals surface area contributed by atoms with Crippen molar-refractivity contribution in [2.45, 2.75) is 148 Å². The maximum atomic E-state index is 14.5. The smallest absolute Gasteiger partial charge is 0.236 e. The number of Topliss-reactive ketones (excluding diaryl/α,β-unsaturated/α-hetero) is 4. The zero-order chi connectivity index (χ0) is 36.3. The van der Waals surface area contributed by atoms with Crippen LogP contribution < -0.4 is 0 Å². The van der Waals surface area contributed by atoms with Crippen molar-refractivity contribution in [2.24, 2.45) is 40.4 Å². The second-order valence-electron chi connectivity index (χ2n) is 17.3. The summed E-state index contributed by atoms with van der Waals surface area (Å²) in [6.07, 6.45) is 14.0. The highest BCUT2D eigenvalue weighted by Gasteiger charge is 2.69. The number of hydrogen-bond donors (Lipinski definition) is 0. The summed E-state index contributed by atoms with van der Waals surface area (Å²) < 4.78 is 27.1. The van der Waals surface area contributed by atoms with Crippen LogP contribution in [0.15, 0.2) is 0 Å². The van der Waals surface area contributed by atoms with E-state index in [0.29, 0.717) is 38.1 Å². The van der Waals surface area contributed by atoms with Crippen molar-refractivity contribution < 1.29 is 37.2 Å². The molecule has 5 atom stereocenters. The predicted octanol–water partition coefficient (Wildman–Crippen LogP) is 6.25. The Hall–Kier alpha value is -1.98. The van der Waals surface area contributed by atoms with Crippen LogP contribution in [0.2, 0.25) is 0 Å². The summed E-state index contributed by atoms with van der Waals surface area (Å²) in [6, 6.07) is -0.652. The van der Waals surface area contributed by atoms with Gasteiger partial charge in [0.15, 0.2) is 11.6 Å². The molecule has 11 heteroatoms. The number of hydrogen-bond acceptors (Lipinski definition) is 8. The first-order valence-electron chi connectivity index (χ1n) is 19.6. The first kappa shape index (κ1) is 39.2. The highest BCUT2D eigenvalue weighted by molar-refractivity contribution is 7.88. The minimum Gasteiger partial charge on any atom is -0.332 e. The van der Waals surface area contributed by atoms with Crippen LogP contribution in [0.25, 0.3) is 0 Å². The molecule has 0 spiro atoms. The van der Waals surface area contributed by atoms with Gasteiger partial charge < -0.3 is 4.90 Å². The number of amides is 1. The quantitative estimate of drug-likeness (QED) is 0.171. The Labute approximate surface area is 300 Å². The second-order valence-corrected chi connectivity index (χ2v) is 19.2. The van der Waals surface area contributed by atoms with E-state index in [4.69, 9.17) is 4.84 Å². The van der Waals surface area contributed by atoms with Crippen LogP contribution in [0.1, 0.15) is 142 Å². The average Bonchev–Trinajstić information content (AvgIpc) is 3.92. The number of carbonyl (C=O) groups excluding carboxylic acids is 5. The van der Waals surface area contributed by atoms with Gasteiger partial charge >= 0.3 is 0 Å². The fourth-order valence-corrected chi connectivity index (χ4v) is 11.3. The van der Waals surface area contributed by atoms with E-state index in [1.165, 1.54) is 14.2 Å². The number of ketones is 4. The molecule has 0 unspecified atom stereocenters. The summed E-state index contributed by atoms with van der Waals surface area (Å²) in [6.45, 7) is 4.73. The van der Waals surface area contributed by atoms with Gasteiger partial charge in [-0.05, 0) is 67.1 Å². The molecule has 2 aliphatic heterocycles. The lowest BCUT2D eigenvalue weighted by Gasteiger charge is -2.38. The number of rotatable bonds is 12. The van der Waals surface area contributed by atoms with Gasteiger partial charge in [0.1, 0.15) is 5.78 Å². The molecule has 1 amide bonds. The molecule has 10 nitrogen and oxygen atoms in total. The van der Waals surface area contributed by atoms with Gasteiger partial charge in [0.2, 0.25) is 21.7 Å². The minimum absolute atomic E-state index is 0.000548. The fraction of sp³-hybridized carbons (Fsp3) is 0.872. The normalized spacial score (nSPS) is 30.8. The maximum absolute atomic E-state index is 14.5. The van der Waals surface area contributed by atoms with Gasteiger partial charge in [0.05, 0.1) is 18.9 Å². The third-order valence-corrected chi connectivity index (χ3v) is 15.0. The molecule has 0 aromatic heterocycles. The second kappa shape index (κ2) is 16.4. The molecule has 50 heavy (non-hydrogen) atoms. The van der Waals surface area contributed by atoms with Gasteiger partial charge in [0, 0.05) is 51.1 Å². The van der Waals surface area contributed by atoms with E-state index in [0.717, 1.165) is 81.5 Å². The van der Waals surface area contributed by atoms with Crippen molar-refractivity contribution in [1.29, 1.82) is 0 Å². The summed E-state index contributed by atoms with van der Waals surface area (Å²) in [7, 11) is -1.06. The highest BCUT2D eigenvalue weighted by atomic mass is 32.2. The van der Waals surface area contributed by atoms with Gasteiger partial charge in [-0.15, -0.1) is 0 Å². The summed E-state index contributed by atoms with van der Waals surface area (Å²) in [5.74, 6) is -2.05. The van der Waals surface area contributed by atoms with Crippen LogP contribution in [0.3, 0.4) is 0 Å². The van der Waals surface area contributed by atoms with Gasteiger partial charge in [-0.25, -0.2) is 8.42 Å². The molecule has 5 fully saturated rings. The van der Waals surface area contributed by atoms with Crippen LogP contribution in [0, 0.1) is 40.4 Å². The van der Waals surface area contributed by atoms with Gasteiger partial charge in [-0.1, -0.05) is 82.5 Å². The Morgan fingerprint density at radius 2 is 1.46 bits per heavy atom. The predicted molar refractivity (Wildman–Crippen MR) is 190 cm³/mol. The van der Waals surface area contributed by atoms with Crippen LogP contribution >= 0.6 is 0 Å². The van der Waals surface area contributed by atoms with Crippen LogP contribution in [-0.4, -0.2) is 79.3 Å². The van der Waals surface area contributed by atoms with E-state index in [9.17, 15) is 32.4 Å². The number of hydroxylamine groups is 1. The van der Waals surface area contributed by atoms with Crippen molar-refractivity contribution in [1.82, 2.24) is 9.37 Å². The Bertz CT molecular complexity index is 1380. The summed E-state index contributed by atoms with van der Waals surface area (Å²) in [5.41, 5.74) is -0.794. The molecule has 3 saturated carbocycles. The molecular weight excluding hydrogens is 657 g/mol. The standard InChI is InChI=1S/C39H62N2O8S/c1-38(2)31-25-41-35(34(31)38)32(43)23-28(36(45)33(44)21-27-17-18-27)15-11-8-6-5-7-9-12-16-29(37(41)46)22-30(42)24-39(19-13-10-14-20-39)26-50(47,48)40(3)49-4/h27-29,31,34-35H,5-26H2,1-4H3/t28-,29-,31+,34+,35-/m1/s1. The summed E-state index contributed by atoms with van der Waals surface area (Å²) in [4.78, 5) is 75.9. The lowest BCUT2D eigenvalue weighted by Crippen LogP contribution is -2.49. The molecule has 0 aromatic rings. The number of piperidine rings is 1. The van der Waals surface area contributed by atoms with Gasteiger partial charge in [-0.3, -0.25) is 28.8 Å². The van der Waals surface area contributed by atoms with Crippen molar-refractivity contribution >= 4 is 39.1 Å². The Kier molecular flexibility index (Phi) is 12.8. The Morgan fingerprint density at radius 3 is 2.08 bits per heavy atom. The largest absolute Gasteiger partial charge is 0.332 e. The number of nitrogens with zero attached hydrogens (tertiary/aromatic N) is 2. The third kappa shape index (κ3) is 9.32. The Morgan fingerprint density at radius 1 is 0.860 bits per heavy atom. The monoisotopic (exact) mass is 718 g/mol. The molecule has 5 aliphatic rings. The molecule has 2 heterocycles. The topological polar surface area (TPSA) is 135 Å². The SMILES string of the molecule is CON(C)S(=O)(=O)CC1(CC(=O)C[C@H]2CCCCCCCCC[C@@H](C(=O)C(=O)CC3CC3)CC(=O)[C@@H]3[C@@H]4[C@H](CN3C2=O)C4(C)C)CCCCC1. The lowest BCUT2D eigenvalue weighted by molar-refractivity contribution is -0.146. The van der Waals surface area contributed by atoms with Crippen LogP contribution in [0.4, 0.5) is 0 Å². The van der Waals surface area contributed by atoms with Crippen LogP contribution in [0.5, 0.6) is 0 Å². The molecule has 0 bridgehead atoms. The third-order valence-electron chi connectivity index (χ3n) is 13.1. The number of fused-ring (bicyclic) bond motifs is 3. The molecule has 2 saturated heterocycles. The van der Waals surface area contributed by atoms with E-state index in [2.05, 4.69) is 13.8 Å². The number of carbonyl (C=O) groups is 5. The zero-order valence-corrected chi connectivity index (χ0v) is 31.9. The molecule has 0 aromatic carbocycles. The highest BCUT2D eigenvalue weighted by Crippen LogP contribution is 2.65. The molecular formula is C39H62N2O8S. The molecule has 0 N–H and O–H groups in total. The van der Waals surface area contributed by atoms with E-state index >= 15 is 0 Å². The van der Waals surface area contributed by atoms with Crippen LogP contribution in [-0.2, 0) is 38.8 Å². The average molecular weight is 719 g/mol. The number of sulfonamides is 1. The molecule has 3 aliphatic carbocycles. The fourth-order valence-electron chi connectivity index (χ4n) is 9.73. The van der Waals surface area contributed by atoms with Crippen molar-refractivity contribution in [3.8, 4) is 0 Å². The minimum atomic E-state index is -3.75. The van der Waals surface area contributed by atoms with Gasteiger partial charge in [0.25, 0.3) is 0 Å². The van der Waals surface area contributed by atoms with E-state index in [-0.39, 0.29) is 71.9 Å². The van der Waals surface area contributed by atoms with Crippen molar-refractivity contribution in [3.05, 3.63) is 0 Å². The first-order valence-corrected chi connectivity index (χ1v) is 21.2. The van der Waals surface area contributed by atoms with E-state index in [1.54, 1.807) is 4.90 Å². The summed E-state index contributed by atoms with van der Waals surface area (Å²) >= 11 is 0. The molecule has 0 radical (unpaired) electrons. The van der Waals surface area contributed by atoms with Crippen molar-refractivity contribution in [3.63, 3.8) is 0 Å².